The summed E-state index contributed by atoms with van der Waals surface area (Å²) in [5.41, 5.74) is 1.80. The van der Waals surface area contributed by atoms with Crippen molar-refractivity contribution in [2.24, 2.45) is 0 Å². The van der Waals surface area contributed by atoms with Gasteiger partial charge in [0.25, 0.3) is 0 Å². The fraction of sp³-hybridized carbons (Fsp3) is 0.565. The van der Waals surface area contributed by atoms with Crippen LogP contribution >= 0.6 is 0 Å². The lowest BCUT2D eigenvalue weighted by Gasteiger charge is -2.25. The van der Waals surface area contributed by atoms with E-state index in [1.807, 2.05) is 36.1 Å². The molecule has 4 rings (SSSR count). The maximum absolute atomic E-state index is 4.79. The number of rotatable bonds is 13. The summed E-state index contributed by atoms with van der Waals surface area (Å²) in [6, 6.07) is 8.56. The molecule has 10 heteroatoms. The van der Waals surface area contributed by atoms with E-state index in [0.29, 0.717) is 18.5 Å². The average Bonchev–Trinajstić information content (AvgIpc) is 3.31. The average molecular weight is 453 g/mol. The molecule has 1 aromatic carbocycles. The maximum Gasteiger partial charge on any atom is 0.225 e. The number of hydrogen-bond acceptors (Lipinski definition) is 9. The number of piperidine rings is 1. The molecule has 1 aliphatic heterocycles. The molecule has 0 saturated carbocycles. The van der Waals surface area contributed by atoms with E-state index in [2.05, 4.69) is 43.0 Å². The number of nitrogens with one attached hydrogen (secondary N) is 5. The van der Waals surface area contributed by atoms with Crippen molar-refractivity contribution < 1.29 is 0 Å². The van der Waals surface area contributed by atoms with Crippen LogP contribution in [0.15, 0.2) is 30.5 Å². The van der Waals surface area contributed by atoms with Gasteiger partial charge in [-0.05, 0) is 77.6 Å². The fourth-order valence-corrected chi connectivity index (χ4v) is 4.00. The number of aromatic nitrogens is 5. The van der Waals surface area contributed by atoms with Crippen molar-refractivity contribution in [2.45, 2.75) is 44.8 Å². The summed E-state index contributed by atoms with van der Waals surface area (Å²) < 4.78 is 1.90. The number of benzene rings is 1. The number of nitrogens with zero attached hydrogens (tertiary/aromatic N) is 5. The van der Waals surface area contributed by atoms with Crippen LogP contribution in [0, 0.1) is 0 Å². The summed E-state index contributed by atoms with van der Waals surface area (Å²) >= 11 is 0. The molecule has 1 saturated heterocycles. The molecule has 1 fully saturated rings. The minimum absolute atomic E-state index is 0.426. The quantitative estimate of drug-likeness (QED) is 0.246. The molecule has 5 N–H and O–H groups in total. The summed E-state index contributed by atoms with van der Waals surface area (Å²) in [5, 5.41) is 26.6. The van der Waals surface area contributed by atoms with Gasteiger partial charge in [0.2, 0.25) is 5.95 Å². The highest BCUT2D eigenvalue weighted by Crippen LogP contribution is 2.24. The third kappa shape index (κ3) is 7.08. The molecule has 2 aromatic heterocycles. The predicted molar refractivity (Wildman–Crippen MR) is 132 cm³/mol. The minimum atomic E-state index is 0.426. The molecule has 33 heavy (non-hydrogen) atoms. The third-order valence-corrected chi connectivity index (χ3v) is 5.82. The standard InChI is InChI=1S/C23H36N10/c1-24-10-4-11-25-12-5-15-33-17-19(31-32-33)16-27-23-29-21-7-3-2-6-20(21)22(30-23)28-18-8-13-26-14-9-18/h2-3,6-7,17-18,24-26H,4-5,8-16H2,1H3,(H2,27,28,29,30). The SMILES string of the molecule is CNCCCNCCCn1cc(CNc2nc(NC3CCNCC3)c3ccccc3n2)nn1. The highest BCUT2D eigenvalue weighted by atomic mass is 15.4. The Balaban J connectivity index is 1.31. The number of fused-ring (bicyclic) bond motifs is 1. The van der Waals surface area contributed by atoms with E-state index in [0.717, 1.165) is 87.4 Å². The van der Waals surface area contributed by atoms with Gasteiger partial charge in [-0.3, -0.25) is 4.68 Å². The van der Waals surface area contributed by atoms with Crippen LogP contribution in [0.4, 0.5) is 11.8 Å². The summed E-state index contributed by atoms with van der Waals surface area (Å²) in [5.74, 6) is 1.49. The first-order valence-corrected chi connectivity index (χ1v) is 12.0. The van der Waals surface area contributed by atoms with Crippen molar-refractivity contribution in [3.05, 3.63) is 36.2 Å². The second-order valence-electron chi connectivity index (χ2n) is 8.47. The van der Waals surface area contributed by atoms with Crippen LogP contribution < -0.4 is 26.6 Å². The Morgan fingerprint density at radius 2 is 1.91 bits per heavy atom. The van der Waals surface area contributed by atoms with Crippen molar-refractivity contribution in [2.75, 3.05) is 50.4 Å². The Morgan fingerprint density at radius 1 is 1.06 bits per heavy atom. The van der Waals surface area contributed by atoms with Crippen LogP contribution in [-0.4, -0.2) is 70.8 Å². The zero-order chi connectivity index (χ0) is 22.7. The normalized spacial score (nSPS) is 14.6. The largest absolute Gasteiger partial charge is 0.367 e. The monoisotopic (exact) mass is 452 g/mol. The van der Waals surface area contributed by atoms with Gasteiger partial charge in [-0.1, -0.05) is 17.3 Å². The van der Waals surface area contributed by atoms with E-state index < -0.39 is 0 Å². The summed E-state index contributed by atoms with van der Waals surface area (Å²) in [7, 11) is 1.98. The van der Waals surface area contributed by atoms with Crippen molar-refractivity contribution in [1.82, 2.24) is 40.9 Å². The summed E-state index contributed by atoms with van der Waals surface area (Å²) in [6.07, 6.45) is 6.34. The topological polar surface area (TPSA) is 117 Å². The Morgan fingerprint density at radius 3 is 2.79 bits per heavy atom. The summed E-state index contributed by atoms with van der Waals surface area (Å²) in [4.78, 5) is 9.49. The second kappa shape index (κ2) is 12.4. The molecular formula is C23H36N10. The fourth-order valence-electron chi connectivity index (χ4n) is 4.00. The molecule has 0 atom stereocenters. The molecule has 3 aromatic rings. The van der Waals surface area contributed by atoms with Crippen molar-refractivity contribution in [1.29, 1.82) is 0 Å². The van der Waals surface area contributed by atoms with E-state index in [4.69, 9.17) is 9.97 Å². The van der Waals surface area contributed by atoms with Crippen LogP contribution in [0.3, 0.4) is 0 Å². The van der Waals surface area contributed by atoms with E-state index in [1.165, 1.54) is 0 Å². The van der Waals surface area contributed by atoms with Crippen molar-refractivity contribution >= 4 is 22.7 Å². The lowest BCUT2D eigenvalue weighted by atomic mass is 10.1. The van der Waals surface area contributed by atoms with E-state index in [-0.39, 0.29) is 0 Å². The first-order chi connectivity index (χ1) is 16.3. The molecule has 0 radical (unpaired) electrons. The number of hydrogen-bond donors (Lipinski definition) is 5. The van der Waals surface area contributed by atoms with Crippen LogP contribution in [0.5, 0.6) is 0 Å². The van der Waals surface area contributed by atoms with Gasteiger partial charge in [-0.15, -0.1) is 5.10 Å². The molecule has 3 heterocycles. The Bertz CT molecular complexity index is 982. The van der Waals surface area contributed by atoms with Crippen LogP contribution in [0.25, 0.3) is 10.9 Å². The molecule has 0 unspecified atom stereocenters. The van der Waals surface area contributed by atoms with Crippen molar-refractivity contribution in [3.63, 3.8) is 0 Å². The first-order valence-electron chi connectivity index (χ1n) is 12.0. The highest BCUT2D eigenvalue weighted by Gasteiger charge is 2.16. The Labute approximate surface area is 195 Å². The van der Waals surface area contributed by atoms with E-state index in [9.17, 15) is 0 Å². The smallest absolute Gasteiger partial charge is 0.225 e. The lowest BCUT2D eigenvalue weighted by molar-refractivity contribution is 0.478. The molecule has 10 nitrogen and oxygen atoms in total. The van der Waals surface area contributed by atoms with Gasteiger partial charge >= 0.3 is 0 Å². The number of anilines is 2. The number of para-hydroxylation sites is 1. The summed E-state index contributed by atoms with van der Waals surface area (Å²) in [6.45, 7) is 6.52. The van der Waals surface area contributed by atoms with E-state index in [1.54, 1.807) is 0 Å². The van der Waals surface area contributed by atoms with E-state index >= 15 is 0 Å². The third-order valence-electron chi connectivity index (χ3n) is 5.82. The Hall–Kier alpha value is -2.82. The van der Waals surface area contributed by atoms with Gasteiger partial charge < -0.3 is 26.6 Å². The lowest BCUT2D eigenvalue weighted by Crippen LogP contribution is -2.35. The van der Waals surface area contributed by atoms with Gasteiger partial charge in [0, 0.05) is 18.0 Å². The molecule has 1 aliphatic rings. The van der Waals surface area contributed by atoms with Gasteiger partial charge in [0.05, 0.1) is 18.3 Å². The van der Waals surface area contributed by atoms with Crippen LogP contribution in [-0.2, 0) is 13.1 Å². The van der Waals surface area contributed by atoms with Crippen molar-refractivity contribution in [3.8, 4) is 0 Å². The minimum Gasteiger partial charge on any atom is -0.367 e. The molecule has 0 aliphatic carbocycles. The second-order valence-corrected chi connectivity index (χ2v) is 8.47. The van der Waals surface area contributed by atoms with Crippen LogP contribution in [0.2, 0.25) is 0 Å². The molecule has 0 bridgehead atoms. The van der Waals surface area contributed by atoms with Gasteiger partial charge in [0.1, 0.15) is 11.5 Å². The first kappa shape index (κ1) is 23.3. The Kier molecular flexibility index (Phi) is 8.79. The molecule has 0 spiro atoms. The van der Waals surface area contributed by atoms with Gasteiger partial charge in [-0.25, -0.2) is 4.98 Å². The van der Waals surface area contributed by atoms with Gasteiger partial charge in [0.15, 0.2) is 0 Å². The number of aryl methyl sites for hydroxylation is 1. The molecular weight excluding hydrogens is 416 g/mol. The zero-order valence-electron chi connectivity index (χ0n) is 19.5. The molecule has 0 amide bonds. The zero-order valence-corrected chi connectivity index (χ0v) is 19.5. The maximum atomic E-state index is 4.79. The highest BCUT2D eigenvalue weighted by molar-refractivity contribution is 5.90. The van der Waals surface area contributed by atoms with Gasteiger partial charge in [-0.2, -0.15) is 4.98 Å². The molecule has 178 valence electrons. The van der Waals surface area contributed by atoms with Crippen LogP contribution in [0.1, 0.15) is 31.4 Å². The predicted octanol–water partition coefficient (Wildman–Crippen LogP) is 1.59.